The number of carbonyl (C=O) groups excluding carboxylic acids is 2. The first kappa shape index (κ1) is 18.0. The molecule has 136 valence electrons. The molecule has 0 unspecified atom stereocenters. The van der Waals surface area contributed by atoms with Crippen LogP contribution in [0.1, 0.15) is 24.5 Å². The molecule has 5 heteroatoms. The first-order chi connectivity index (χ1) is 12.5. The van der Waals surface area contributed by atoms with Crippen LogP contribution >= 0.6 is 0 Å². The van der Waals surface area contributed by atoms with Crippen molar-refractivity contribution >= 4 is 11.9 Å². The summed E-state index contributed by atoms with van der Waals surface area (Å²) in [4.78, 5) is 26.2. The average molecular weight is 352 g/mol. The van der Waals surface area contributed by atoms with Crippen molar-refractivity contribution in [3.63, 3.8) is 0 Å². The van der Waals surface area contributed by atoms with Gasteiger partial charge in [0.2, 0.25) is 0 Å². The largest absolute Gasteiger partial charge is 0.492 e. The molecule has 1 aliphatic heterocycles. The SMILES string of the molecule is Cc1cccc(OCCN2C(=O)N[C@@](C)(CCc3ccccc3)C2=O)c1. The number of hydrogen-bond donors (Lipinski definition) is 1. The second kappa shape index (κ2) is 7.60. The van der Waals surface area contributed by atoms with Crippen molar-refractivity contribution in [2.45, 2.75) is 32.2 Å². The van der Waals surface area contributed by atoms with Crippen molar-refractivity contribution in [3.05, 3.63) is 65.7 Å². The number of ether oxygens (including phenoxy) is 1. The highest BCUT2D eigenvalue weighted by atomic mass is 16.5. The zero-order chi connectivity index (χ0) is 18.6. The van der Waals surface area contributed by atoms with E-state index in [1.165, 1.54) is 4.90 Å². The standard InChI is InChI=1S/C21H24N2O3/c1-16-7-6-10-18(15-16)26-14-13-23-19(24)21(2,22-20(23)25)12-11-17-8-4-3-5-9-17/h3-10,15H,11-14H2,1-2H3,(H,22,25)/t21-/m0/s1. The minimum absolute atomic E-state index is 0.189. The number of nitrogens with one attached hydrogen (secondary N) is 1. The van der Waals surface area contributed by atoms with Gasteiger partial charge in [0.05, 0.1) is 6.54 Å². The molecule has 1 N–H and O–H groups in total. The number of hydrogen-bond acceptors (Lipinski definition) is 3. The van der Waals surface area contributed by atoms with Gasteiger partial charge in [-0.15, -0.1) is 0 Å². The number of rotatable bonds is 7. The van der Waals surface area contributed by atoms with Crippen LogP contribution in [0.15, 0.2) is 54.6 Å². The Balaban J connectivity index is 1.55. The smallest absolute Gasteiger partial charge is 0.325 e. The molecular formula is C21H24N2O3. The van der Waals surface area contributed by atoms with Gasteiger partial charge in [-0.1, -0.05) is 42.5 Å². The molecule has 5 nitrogen and oxygen atoms in total. The van der Waals surface area contributed by atoms with Gasteiger partial charge in [0, 0.05) is 0 Å². The highest BCUT2D eigenvalue weighted by molar-refractivity contribution is 6.06. The van der Waals surface area contributed by atoms with Gasteiger partial charge in [-0.25, -0.2) is 4.79 Å². The number of benzene rings is 2. The van der Waals surface area contributed by atoms with E-state index in [-0.39, 0.29) is 25.1 Å². The summed E-state index contributed by atoms with van der Waals surface area (Å²) >= 11 is 0. The summed E-state index contributed by atoms with van der Waals surface area (Å²) < 4.78 is 5.67. The molecule has 0 spiro atoms. The Kier molecular flexibility index (Phi) is 5.26. The van der Waals surface area contributed by atoms with Gasteiger partial charge in [0.25, 0.3) is 5.91 Å². The molecule has 0 radical (unpaired) electrons. The van der Waals surface area contributed by atoms with Crippen LogP contribution in [0.3, 0.4) is 0 Å². The molecule has 0 bridgehead atoms. The van der Waals surface area contributed by atoms with Crippen molar-refractivity contribution in [2.75, 3.05) is 13.2 Å². The zero-order valence-electron chi connectivity index (χ0n) is 15.2. The van der Waals surface area contributed by atoms with Crippen molar-refractivity contribution in [2.24, 2.45) is 0 Å². The maximum atomic E-state index is 12.7. The van der Waals surface area contributed by atoms with Crippen LogP contribution in [0.25, 0.3) is 0 Å². The Labute approximate surface area is 154 Å². The van der Waals surface area contributed by atoms with E-state index in [1.54, 1.807) is 6.92 Å². The van der Waals surface area contributed by atoms with Crippen molar-refractivity contribution in [3.8, 4) is 5.75 Å². The molecule has 2 aromatic carbocycles. The predicted octanol–water partition coefficient (Wildman–Crippen LogP) is 3.32. The van der Waals surface area contributed by atoms with Crippen molar-refractivity contribution in [1.82, 2.24) is 10.2 Å². The van der Waals surface area contributed by atoms with E-state index in [0.29, 0.717) is 6.42 Å². The fraction of sp³-hybridized carbons (Fsp3) is 0.333. The highest BCUT2D eigenvalue weighted by Gasteiger charge is 2.47. The third kappa shape index (κ3) is 4.04. The van der Waals surface area contributed by atoms with E-state index in [1.807, 2.05) is 61.5 Å². The first-order valence-corrected chi connectivity index (χ1v) is 8.85. The minimum Gasteiger partial charge on any atom is -0.492 e. The van der Waals surface area contributed by atoms with E-state index in [2.05, 4.69) is 5.32 Å². The van der Waals surface area contributed by atoms with Gasteiger partial charge in [-0.3, -0.25) is 9.69 Å². The molecule has 2 aromatic rings. The summed E-state index contributed by atoms with van der Waals surface area (Å²) in [7, 11) is 0. The topological polar surface area (TPSA) is 58.6 Å². The molecule has 1 atom stereocenters. The molecular weight excluding hydrogens is 328 g/mol. The summed E-state index contributed by atoms with van der Waals surface area (Å²) in [5.41, 5.74) is 1.39. The van der Waals surface area contributed by atoms with Crippen LogP contribution in [0.5, 0.6) is 5.75 Å². The van der Waals surface area contributed by atoms with E-state index in [4.69, 9.17) is 4.74 Å². The number of amides is 3. The second-order valence-corrected chi connectivity index (χ2v) is 6.87. The van der Waals surface area contributed by atoms with Gasteiger partial charge in [0.1, 0.15) is 17.9 Å². The lowest BCUT2D eigenvalue weighted by atomic mass is 9.93. The van der Waals surface area contributed by atoms with Gasteiger partial charge >= 0.3 is 6.03 Å². The average Bonchev–Trinajstić information content (AvgIpc) is 2.84. The number of imide groups is 1. The summed E-state index contributed by atoms with van der Waals surface area (Å²) in [6.45, 7) is 4.29. The number of nitrogens with zero attached hydrogens (tertiary/aromatic N) is 1. The lowest BCUT2D eigenvalue weighted by Gasteiger charge is -2.21. The number of aryl methyl sites for hydroxylation is 2. The normalized spacial score (nSPS) is 19.5. The summed E-state index contributed by atoms with van der Waals surface area (Å²) in [6, 6.07) is 17.3. The van der Waals surface area contributed by atoms with Crippen LogP contribution in [-0.2, 0) is 11.2 Å². The molecule has 3 rings (SSSR count). The molecule has 0 saturated carbocycles. The summed E-state index contributed by atoms with van der Waals surface area (Å²) in [5.74, 6) is 0.551. The quantitative estimate of drug-likeness (QED) is 0.778. The zero-order valence-corrected chi connectivity index (χ0v) is 15.2. The lowest BCUT2D eigenvalue weighted by molar-refractivity contribution is -0.131. The van der Waals surface area contributed by atoms with Gasteiger partial charge in [0.15, 0.2) is 0 Å². The molecule has 1 fully saturated rings. The molecule has 0 aliphatic carbocycles. The first-order valence-electron chi connectivity index (χ1n) is 8.85. The van der Waals surface area contributed by atoms with Gasteiger partial charge < -0.3 is 10.1 Å². The maximum absolute atomic E-state index is 12.7. The minimum atomic E-state index is -0.865. The maximum Gasteiger partial charge on any atom is 0.325 e. The van der Waals surface area contributed by atoms with Crippen LogP contribution in [0.2, 0.25) is 0 Å². The third-order valence-electron chi connectivity index (χ3n) is 4.67. The van der Waals surface area contributed by atoms with Gasteiger partial charge in [-0.2, -0.15) is 0 Å². The van der Waals surface area contributed by atoms with E-state index >= 15 is 0 Å². The molecule has 3 amide bonds. The Morgan fingerprint density at radius 1 is 1.08 bits per heavy atom. The van der Waals surface area contributed by atoms with Crippen LogP contribution in [0, 0.1) is 6.92 Å². The highest BCUT2D eigenvalue weighted by Crippen LogP contribution is 2.23. The van der Waals surface area contributed by atoms with Gasteiger partial charge in [-0.05, 0) is 49.9 Å². The number of carbonyl (C=O) groups is 2. The molecule has 26 heavy (non-hydrogen) atoms. The summed E-state index contributed by atoms with van der Waals surface area (Å²) in [6.07, 6.45) is 1.30. The molecule has 1 heterocycles. The van der Waals surface area contributed by atoms with Crippen molar-refractivity contribution in [1.29, 1.82) is 0 Å². The van der Waals surface area contributed by atoms with Crippen LogP contribution in [0.4, 0.5) is 4.79 Å². The number of urea groups is 1. The Hall–Kier alpha value is -2.82. The fourth-order valence-corrected chi connectivity index (χ4v) is 3.12. The summed E-state index contributed by atoms with van der Waals surface area (Å²) in [5, 5.41) is 2.84. The fourth-order valence-electron chi connectivity index (χ4n) is 3.12. The Morgan fingerprint density at radius 3 is 2.58 bits per heavy atom. The van der Waals surface area contributed by atoms with E-state index < -0.39 is 5.54 Å². The lowest BCUT2D eigenvalue weighted by Crippen LogP contribution is -2.44. The molecule has 1 aliphatic rings. The third-order valence-corrected chi connectivity index (χ3v) is 4.67. The Morgan fingerprint density at radius 2 is 1.85 bits per heavy atom. The van der Waals surface area contributed by atoms with Crippen LogP contribution < -0.4 is 10.1 Å². The van der Waals surface area contributed by atoms with Crippen LogP contribution in [-0.4, -0.2) is 35.5 Å². The predicted molar refractivity (Wildman–Crippen MR) is 100 cm³/mol. The Bertz CT molecular complexity index is 791. The van der Waals surface area contributed by atoms with E-state index in [9.17, 15) is 9.59 Å². The molecule has 0 aromatic heterocycles. The van der Waals surface area contributed by atoms with Crippen molar-refractivity contribution < 1.29 is 14.3 Å². The second-order valence-electron chi connectivity index (χ2n) is 6.87. The monoisotopic (exact) mass is 352 g/mol. The molecule has 1 saturated heterocycles. The van der Waals surface area contributed by atoms with E-state index in [0.717, 1.165) is 23.3 Å².